The summed E-state index contributed by atoms with van der Waals surface area (Å²) in [6.07, 6.45) is 2.11. The molecule has 0 saturated carbocycles. The highest BCUT2D eigenvalue weighted by Crippen LogP contribution is 2.33. The van der Waals surface area contributed by atoms with Crippen molar-refractivity contribution in [2.75, 3.05) is 30.7 Å². The highest BCUT2D eigenvalue weighted by Gasteiger charge is 2.15. The van der Waals surface area contributed by atoms with Gasteiger partial charge in [-0.1, -0.05) is 35.3 Å². The number of hydrogen-bond donors (Lipinski definition) is 3. The van der Waals surface area contributed by atoms with Crippen LogP contribution < -0.4 is 16.4 Å². The summed E-state index contributed by atoms with van der Waals surface area (Å²) in [4.78, 5) is 17.7. The van der Waals surface area contributed by atoms with Gasteiger partial charge in [-0.05, 0) is 38.9 Å². The maximum absolute atomic E-state index is 9.18. The largest absolute Gasteiger partial charge is 0.468 e. The van der Waals surface area contributed by atoms with Crippen molar-refractivity contribution in [3.8, 4) is 11.3 Å². The first-order chi connectivity index (χ1) is 13.0. The normalized spacial score (nSPS) is 14.0. The molecule has 2 heterocycles. The molecule has 9 heteroatoms. The van der Waals surface area contributed by atoms with E-state index in [9.17, 15) is 4.79 Å². The molecule has 0 spiro atoms. The van der Waals surface area contributed by atoms with Gasteiger partial charge in [0.25, 0.3) is 6.47 Å². The molecular formula is C18H23Cl2N5O2. The third-order valence-corrected chi connectivity index (χ3v) is 4.72. The number of nitrogens with zero attached hydrogens (tertiary/aromatic N) is 2. The van der Waals surface area contributed by atoms with Crippen LogP contribution in [0, 0.1) is 0 Å². The Labute approximate surface area is 168 Å². The van der Waals surface area contributed by atoms with Gasteiger partial charge in [-0.25, -0.2) is 4.98 Å². The minimum absolute atomic E-state index is 0.213. The average Bonchev–Trinajstić information content (AvgIpc) is 2.65. The van der Waals surface area contributed by atoms with Crippen LogP contribution in [0.2, 0.25) is 10.0 Å². The lowest BCUT2D eigenvalue weighted by Crippen LogP contribution is -2.35. The second-order valence-corrected chi connectivity index (χ2v) is 6.60. The molecule has 3 rings (SSSR count). The molecular weight excluding hydrogens is 389 g/mol. The lowest BCUT2D eigenvalue weighted by atomic mass is 10.1. The SMILES string of the molecule is CCOC=O.Nc1nc(NC2CCNCC2)cc(-c2cccc(Cl)c2Cl)n1. The fourth-order valence-corrected chi connectivity index (χ4v) is 3.02. The number of piperidine rings is 1. The minimum atomic E-state index is 0.213. The van der Waals surface area contributed by atoms with E-state index in [0.717, 1.165) is 31.5 Å². The Morgan fingerprint density at radius 2 is 2.07 bits per heavy atom. The maximum Gasteiger partial charge on any atom is 0.293 e. The highest BCUT2D eigenvalue weighted by atomic mass is 35.5. The Balaban J connectivity index is 0.000000465. The van der Waals surface area contributed by atoms with Crippen LogP contribution in [-0.2, 0) is 9.53 Å². The predicted octanol–water partition coefficient (Wildman–Crippen LogP) is 3.38. The molecule has 1 saturated heterocycles. The van der Waals surface area contributed by atoms with Gasteiger partial charge < -0.3 is 21.1 Å². The van der Waals surface area contributed by atoms with Crippen molar-refractivity contribution in [2.24, 2.45) is 0 Å². The van der Waals surface area contributed by atoms with Crippen LogP contribution in [0.25, 0.3) is 11.3 Å². The first-order valence-electron chi connectivity index (χ1n) is 8.66. The molecule has 1 aromatic carbocycles. The average molecular weight is 412 g/mol. The van der Waals surface area contributed by atoms with E-state index in [-0.39, 0.29) is 5.95 Å². The number of benzene rings is 1. The van der Waals surface area contributed by atoms with Crippen LogP contribution in [0.4, 0.5) is 11.8 Å². The fraction of sp³-hybridized carbons (Fsp3) is 0.389. The summed E-state index contributed by atoms with van der Waals surface area (Å²) in [5.74, 6) is 0.926. The fourth-order valence-electron chi connectivity index (χ4n) is 2.62. The second-order valence-electron chi connectivity index (χ2n) is 5.82. The van der Waals surface area contributed by atoms with E-state index in [0.29, 0.717) is 40.7 Å². The lowest BCUT2D eigenvalue weighted by Gasteiger charge is -2.24. The molecule has 2 aromatic rings. The molecule has 146 valence electrons. The number of nitrogens with one attached hydrogen (secondary N) is 2. The molecule has 0 unspecified atom stereocenters. The van der Waals surface area contributed by atoms with Crippen molar-refractivity contribution in [1.29, 1.82) is 0 Å². The Hall–Kier alpha value is -2.09. The van der Waals surface area contributed by atoms with Gasteiger partial charge in [-0.15, -0.1) is 0 Å². The number of carbonyl (C=O) groups excluding carboxylic acids is 1. The molecule has 4 N–H and O–H groups in total. The van der Waals surface area contributed by atoms with Gasteiger partial charge in [0.05, 0.1) is 22.3 Å². The molecule has 0 aliphatic carbocycles. The topological polar surface area (TPSA) is 102 Å². The molecule has 1 fully saturated rings. The molecule has 7 nitrogen and oxygen atoms in total. The smallest absolute Gasteiger partial charge is 0.293 e. The van der Waals surface area contributed by atoms with Crippen molar-refractivity contribution in [3.63, 3.8) is 0 Å². The summed E-state index contributed by atoms with van der Waals surface area (Å²) in [6.45, 7) is 4.67. The summed E-state index contributed by atoms with van der Waals surface area (Å²) in [5, 5.41) is 7.71. The molecule has 0 bridgehead atoms. The summed E-state index contributed by atoms with van der Waals surface area (Å²) in [6, 6.07) is 7.69. The third kappa shape index (κ3) is 6.53. The van der Waals surface area contributed by atoms with Crippen LogP contribution in [0.3, 0.4) is 0 Å². The van der Waals surface area contributed by atoms with Crippen LogP contribution in [0.15, 0.2) is 24.3 Å². The van der Waals surface area contributed by atoms with E-state index in [4.69, 9.17) is 28.9 Å². The van der Waals surface area contributed by atoms with Crippen molar-refractivity contribution >= 4 is 41.4 Å². The zero-order valence-corrected chi connectivity index (χ0v) is 16.6. The highest BCUT2D eigenvalue weighted by molar-refractivity contribution is 6.43. The van der Waals surface area contributed by atoms with Crippen LogP contribution in [-0.4, -0.2) is 42.2 Å². The lowest BCUT2D eigenvalue weighted by molar-refractivity contribution is -0.128. The van der Waals surface area contributed by atoms with E-state index in [1.807, 2.05) is 18.2 Å². The number of aromatic nitrogens is 2. The van der Waals surface area contributed by atoms with Crippen LogP contribution in [0.1, 0.15) is 19.8 Å². The molecule has 1 aliphatic heterocycles. The number of hydrogen-bond acceptors (Lipinski definition) is 7. The van der Waals surface area contributed by atoms with Crippen molar-refractivity contribution in [1.82, 2.24) is 15.3 Å². The number of anilines is 2. The van der Waals surface area contributed by atoms with Crippen LogP contribution in [0.5, 0.6) is 0 Å². The van der Waals surface area contributed by atoms with Gasteiger partial charge in [-0.3, -0.25) is 4.79 Å². The summed E-state index contributed by atoms with van der Waals surface area (Å²) in [7, 11) is 0. The number of ether oxygens (including phenoxy) is 1. The summed E-state index contributed by atoms with van der Waals surface area (Å²) in [5.41, 5.74) is 7.25. The zero-order chi connectivity index (χ0) is 19.6. The standard InChI is InChI=1S/C15H17Cl2N5.C3H6O2/c16-11-3-1-2-10(14(11)17)12-8-13(22-15(18)21-12)20-9-4-6-19-7-5-9;1-2-5-3-4/h1-3,8-9,19H,4-7H2,(H3,18,20,21,22);3H,2H2,1H3. The molecule has 0 radical (unpaired) electrons. The Morgan fingerprint density at radius 1 is 1.33 bits per heavy atom. The number of halogens is 2. The Kier molecular flexibility index (Phi) is 8.57. The Bertz CT molecular complexity index is 755. The number of carbonyl (C=O) groups is 1. The van der Waals surface area contributed by atoms with E-state index >= 15 is 0 Å². The van der Waals surface area contributed by atoms with Gasteiger partial charge in [0.2, 0.25) is 5.95 Å². The van der Waals surface area contributed by atoms with Gasteiger partial charge in [0, 0.05) is 17.7 Å². The first-order valence-corrected chi connectivity index (χ1v) is 9.42. The van der Waals surface area contributed by atoms with Crippen molar-refractivity contribution in [3.05, 3.63) is 34.3 Å². The second kappa shape index (κ2) is 10.9. The summed E-state index contributed by atoms with van der Waals surface area (Å²) < 4.78 is 4.15. The quantitative estimate of drug-likeness (QED) is 0.647. The molecule has 27 heavy (non-hydrogen) atoms. The number of rotatable bonds is 5. The third-order valence-electron chi connectivity index (χ3n) is 3.90. The molecule has 0 atom stereocenters. The van der Waals surface area contributed by atoms with Gasteiger partial charge in [0.15, 0.2) is 0 Å². The van der Waals surface area contributed by atoms with Crippen molar-refractivity contribution < 1.29 is 9.53 Å². The van der Waals surface area contributed by atoms with E-state index in [2.05, 4.69) is 25.3 Å². The number of nitrogens with two attached hydrogens (primary N) is 1. The maximum atomic E-state index is 9.18. The summed E-state index contributed by atoms with van der Waals surface area (Å²) >= 11 is 12.3. The van der Waals surface area contributed by atoms with E-state index < -0.39 is 0 Å². The van der Waals surface area contributed by atoms with Gasteiger partial charge >= 0.3 is 0 Å². The Morgan fingerprint density at radius 3 is 2.70 bits per heavy atom. The first kappa shape index (κ1) is 21.2. The van der Waals surface area contributed by atoms with E-state index in [1.165, 1.54) is 0 Å². The van der Waals surface area contributed by atoms with Gasteiger partial charge in [-0.2, -0.15) is 4.98 Å². The zero-order valence-electron chi connectivity index (χ0n) is 15.0. The molecule has 1 aromatic heterocycles. The molecule has 0 amide bonds. The monoisotopic (exact) mass is 411 g/mol. The van der Waals surface area contributed by atoms with Gasteiger partial charge in [0.1, 0.15) is 5.82 Å². The predicted molar refractivity (Wildman–Crippen MR) is 109 cm³/mol. The van der Waals surface area contributed by atoms with E-state index in [1.54, 1.807) is 13.0 Å². The number of nitrogen functional groups attached to an aromatic ring is 1. The minimum Gasteiger partial charge on any atom is -0.468 e. The van der Waals surface area contributed by atoms with Crippen molar-refractivity contribution in [2.45, 2.75) is 25.8 Å². The van der Waals surface area contributed by atoms with Crippen LogP contribution >= 0.6 is 23.2 Å². The molecule has 1 aliphatic rings.